The topological polar surface area (TPSA) is 73.6 Å². The third-order valence-electron chi connectivity index (χ3n) is 2.31. The number of rotatable bonds is 4. The Morgan fingerprint density at radius 1 is 1.40 bits per heavy atom. The summed E-state index contributed by atoms with van der Waals surface area (Å²) in [6.07, 6.45) is 3.22. The number of carbonyl (C=O) groups excluding carboxylic acids is 1. The van der Waals surface area contributed by atoms with Crippen molar-refractivity contribution in [3.63, 3.8) is 0 Å². The van der Waals surface area contributed by atoms with Crippen LogP contribution in [0.5, 0.6) is 5.75 Å². The van der Waals surface area contributed by atoms with E-state index in [-0.39, 0.29) is 0 Å². The molecule has 0 atom stereocenters. The van der Waals surface area contributed by atoms with Crippen molar-refractivity contribution in [3.8, 4) is 5.75 Å². The van der Waals surface area contributed by atoms with Gasteiger partial charge in [0.2, 0.25) is 0 Å². The highest BCUT2D eigenvalue weighted by molar-refractivity contribution is 5.87. The molecule has 0 saturated heterocycles. The van der Waals surface area contributed by atoms with Gasteiger partial charge in [-0.3, -0.25) is 5.32 Å². The van der Waals surface area contributed by atoms with Gasteiger partial charge < -0.3 is 15.2 Å². The van der Waals surface area contributed by atoms with E-state index >= 15 is 0 Å². The second kappa shape index (κ2) is 6.96. The first kappa shape index (κ1) is 16.0. The van der Waals surface area contributed by atoms with Crippen molar-refractivity contribution in [2.75, 3.05) is 19.0 Å². The minimum absolute atomic E-state index is 0.472. The molecule has 0 unspecified atom stereocenters. The zero-order valence-corrected chi connectivity index (χ0v) is 12.4. The minimum atomic E-state index is -0.541. The highest BCUT2D eigenvalue weighted by atomic mass is 16.6. The second-order valence-electron chi connectivity index (χ2n) is 5.22. The van der Waals surface area contributed by atoms with Crippen LogP contribution in [0.1, 0.15) is 26.3 Å². The van der Waals surface area contributed by atoms with Crippen LogP contribution in [0.15, 0.2) is 24.3 Å². The van der Waals surface area contributed by atoms with Gasteiger partial charge in [-0.05, 0) is 38.5 Å². The summed E-state index contributed by atoms with van der Waals surface area (Å²) < 4.78 is 10.5. The van der Waals surface area contributed by atoms with Crippen LogP contribution in [-0.4, -0.2) is 25.3 Å². The van der Waals surface area contributed by atoms with Crippen molar-refractivity contribution < 1.29 is 14.3 Å². The molecule has 1 rings (SSSR count). The van der Waals surface area contributed by atoms with Crippen molar-refractivity contribution in [1.82, 2.24) is 0 Å². The van der Waals surface area contributed by atoms with Crippen LogP contribution in [0.25, 0.3) is 6.08 Å². The fourth-order valence-corrected chi connectivity index (χ4v) is 1.53. The van der Waals surface area contributed by atoms with Gasteiger partial charge in [-0.2, -0.15) is 0 Å². The molecule has 5 heteroatoms. The fourth-order valence-electron chi connectivity index (χ4n) is 1.53. The van der Waals surface area contributed by atoms with Gasteiger partial charge in [0.1, 0.15) is 11.4 Å². The predicted molar refractivity (Wildman–Crippen MR) is 80.9 cm³/mol. The van der Waals surface area contributed by atoms with E-state index in [1.807, 2.05) is 45.1 Å². The number of amides is 1. The SMILES string of the molecule is COc1cc(/C=C/CN)ccc1NC(=O)OC(C)(C)C. The molecule has 0 radical (unpaired) electrons. The van der Waals surface area contributed by atoms with Crippen LogP contribution in [0.3, 0.4) is 0 Å². The number of nitrogens with two attached hydrogens (primary N) is 1. The third-order valence-corrected chi connectivity index (χ3v) is 2.31. The highest BCUT2D eigenvalue weighted by Crippen LogP contribution is 2.26. The number of anilines is 1. The van der Waals surface area contributed by atoms with E-state index < -0.39 is 11.7 Å². The molecule has 5 nitrogen and oxygen atoms in total. The fraction of sp³-hybridized carbons (Fsp3) is 0.400. The molecule has 0 aliphatic heterocycles. The van der Waals surface area contributed by atoms with Crippen molar-refractivity contribution in [1.29, 1.82) is 0 Å². The molecular weight excluding hydrogens is 256 g/mol. The van der Waals surface area contributed by atoms with Crippen LogP contribution in [0.2, 0.25) is 0 Å². The maximum Gasteiger partial charge on any atom is 0.412 e. The Balaban J connectivity index is 2.85. The largest absolute Gasteiger partial charge is 0.495 e. The lowest BCUT2D eigenvalue weighted by atomic mass is 10.1. The van der Waals surface area contributed by atoms with E-state index in [2.05, 4.69) is 5.32 Å². The summed E-state index contributed by atoms with van der Waals surface area (Å²) in [6, 6.07) is 5.44. The number of hydrogen-bond acceptors (Lipinski definition) is 4. The average molecular weight is 278 g/mol. The molecule has 3 N–H and O–H groups in total. The van der Waals surface area contributed by atoms with Crippen LogP contribution in [0, 0.1) is 0 Å². The number of benzene rings is 1. The van der Waals surface area contributed by atoms with Crippen molar-refractivity contribution in [2.45, 2.75) is 26.4 Å². The predicted octanol–water partition coefficient (Wildman–Crippen LogP) is 3.01. The lowest BCUT2D eigenvalue weighted by Crippen LogP contribution is -2.27. The molecule has 0 aliphatic carbocycles. The number of ether oxygens (including phenoxy) is 2. The normalized spacial score (nSPS) is 11.4. The summed E-state index contributed by atoms with van der Waals surface area (Å²) in [4.78, 5) is 11.7. The summed E-state index contributed by atoms with van der Waals surface area (Å²) in [5, 5.41) is 2.67. The number of hydrogen-bond donors (Lipinski definition) is 2. The number of methoxy groups -OCH3 is 1. The Labute approximate surface area is 119 Å². The smallest absolute Gasteiger partial charge is 0.412 e. The molecule has 0 bridgehead atoms. The van der Waals surface area contributed by atoms with Gasteiger partial charge in [0.25, 0.3) is 0 Å². The lowest BCUT2D eigenvalue weighted by Gasteiger charge is -2.20. The van der Waals surface area contributed by atoms with Crippen LogP contribution >= 0.6 is 0 Å². The van der Waals surface area contributed by atoms with E-state index in [0.717, 1.165) is 5.56 Å². The Kier molecular flexibility index (Phi) is 5.58. The summed E-state index contributed by atoms with van der Waals surface area (Å²) in [7, 11) is 1.55. The van der Waals surface area contributed by atoms with E-state index in [1.165, 1.54) is 0 Å². The van der Waals surface area contributed by atoms with Gasteiger partial charge in [0.15, 0.2) is 0 Å². The van der Waals surface area contributed by atoms with E-state index in [1.54, 1.807) is 13.2 Å². The van der Waals surface area contributed by atoms with Crippen LogP contribution < -0.4 is 15.8 Å². The molecule has 0 aromatic heterocycles. The summed E-state index contributed by atoms with van der Waals surface area (Å²) in [5.74, 6) is 0.565. The molecule has 1 aromatic carbocycles. The Morgan fingerprint density at radius 2 is 2.10 bits per heavy atom. The summed E-state index contributed by atoms with van der Waals surface area (Å²) in [6.45, 7) is 5.90. The zero-order chi connectivity index (χ0) is 15.2. The standard InChI is InChI=1S/C15H22N2O3/c1-15(2,3)20-14(18)17-12-8-7-11(6-5-9-16)10-13(12)19-4/h5-8,10H,9,16H2,1-4H3,(H,17,18)/b6-5+. The van der Waals surface area contributed by atoms with E-state index in [9.17, 15) is 4.79 Å². The van der Waals surface area contributed by atoms with Gasteiger partial charge in [0, 0.05) is 6.54 Å². The maximum absolute atomic E-state index is 11.7. The Morgan fingerprint density at radius 3 is 2.65 bits per heavy atom. The first-order valence-electron chi connectivity index (χ1n) is 6.40. The average Bonchev–Trinajstić information content (AvgIpc) is 2.35. The van der Waals surface area contributed by atoms with E-state index in [4.69, 9.17) is 15.2 Å². The molecule has 110 valence electrons. The molecule has 0 spiro atoms. The van der Waals surface area contributed by atoms with Gasteiger partial charge in [-0.15, -0.1) is 0 Å². The van der Waals surface area contributed by atoms with Crippen molar-refractivity contribution >= 4 is 17.9 Å². The molecular formula is C15H22N2O3. The molecule has 1 amide bonds. The Bertz CT molecular complexity index is 490. The molecule has 1 aromatic rings. The molecule has 20 heavy (non-hydrogen) atoms. The van der Waals surface area contributed by atoms with Crippen LogP contribution in [-0.2, 0) is 4.74 Å². The molecule has 0 aliphatic rings. The molecule has 0 saturated carbocycles. The highest BCUT2D eigenvalue weighted by Gasteiger charge is 2.17. The quantitative estimate of drug-likeness (QED) is 0.888. The van der Waals surface area contributed by atoms with Gasteiger partial charge in [-0.1, -0.05) is 18.2 Å². The second-order valence-corrected chi connectivity index (χ2v) is 5.22. The van der Waals surface area contributed by atoms with Gasteiger partial charge >= 0.3 is 6.09 Å². The Hall–Kier alpha value is -2.01. The first-order valence-corrected chi connectivity index (χ1v) is 6.40. The minimum Gasteiger partial charge on any atom is -0.495 e. The summed E-state index contributed by atoms with van der Waals surface area (Å²) in [5.41, 5.74) is 6.38. The monoisotopic (exact) mass is 278 g/mol. The van der Waals surface area contributed by atoms with Gasteiger partial charge in [0.05, 0.1) is 12.8 Å². The number of carbonyl (C=O) groups is 1. The van der Waals surface area contributed by atoms with E-state index in [0.29, 0.717) is 18.0 Å². The van der Waals surface area contributed by atoms with Crippen molar-refractivity contribution in [3.05, 3.63) is 29.8 Å². The first-order chi connectivity index (χ1) is 9.35. The number of nitrogens with one attached hydrogen (secondary N) is 1. The zero-order valence-electron chi connectivity index (χ0n) is 12.4. The van der Waals surface area contributed by atoms with Crippen LogP contribution in [0.4, 0.5) is 10.5 Å². The lowest BCUT2D eigenvalue weighted by molar-refractivity contribution is 0.0635. The summed E-state index contributed by atoms with van der Waals surface area (Å²) >= 11 is 0. The van der Waals surface area contributed by atoms with Crippen molar-refractivity contribution in [2.24, 2.45) is 5.73 Å². The third kappa shape index (κ3) is 5.32. The molecule has 0 fully saturated rings. The maximum atomic E-state index is 11.7. The molecule has 0 heterocycles. The van der Waals surface area contributed by atoms with Gasteiger partial charge in [-0.25, -0.2) is 4.79 Å².